The smallest absolute Gasteiger partial charge is 0.129 e. The first-order chi connectivity index (χ1) is 9.11. The summed E-state index contributed by atoms with van der Waals surface area (Å²) in [5.41, 5.74) is 4.29. The van der Waals surface area contributed by atoms with Gasteiger partial charge in [0.2, 0.25) is 0 Å². The SMILES string of the molecule is Cc1cc(C(Cc2c(F)cccc2F)NN)ccn1. The van der Waals surface area contributed by atoms with Crippen molar-refractivity contribution in [2.45, 2.75) is 19.4 Å². The molecule has 0 aliphatic carbocycles. The number of nitrogens with one attached hydrogen (secondary N) is 1. The third kappa shape index (κ3) is 3.13. The van der Waals surface area contributed by atoms with E-state index in [1.54, 1.807) is 12.3 Å². The summed E-state index contributed by atoms with van der Waals surface area (Å²) < 4.78 is 27.2. The maximum absolute atomic E-state index is 13.6. The number of benzene rings is 1. The summed E-state index contributed by atoms with van der Waals surface area (Å²) in [6, 6.07) is 7.07. The average Bonchev–Trinajstić information content (AvgIpc) is 2.38. The number of nitrogens with two attached hydrogens (primary N) is 1. The quantitative estimate of drug-likeness (QED) is 0.658. The van der Waals surface area contributed by atoms with E-state index in [1.807, 2.05) is 13.0 Å². The Bertz CT molecular complexity index is 552. The van der Waals surface area contributed by atoms with E-state index in [0.29, 0.717) is 0 Å². The standard InChI is InChI=1S/C14H15F2N3/c1-9-7-10(5-6-18-9)14(19-17)8-11-12(15)3-2-4-13(11)16/h2-7,14,19H,8,17H2,1H3. The summed E-state index contributed by atoms with van der Waals surface area (Å²) in [7, 11) is 0. The lowest BCUT2D eigenvalue weighted by molar-refractivity contribution is 0.499. The van der Waals surface area contributed by atoms with Crippen molar-refractivity contribution in [1.29, 1.82) is 0 Å². The average molecular weight is 263 g/mol. The van der Waals surface area contributed by atoms with E-state index in [9.17, 15) is 8.78 Å². The van der Waals surface area contributed by atoms with Crippen molar-refractivity contribution in [2.75, 3.05) is 0 Å². The predicted molar refractivity (Wildman–Crippen MR) is 69.1 cm³/mol. The monoisotopic (exact) mass is 263 g/mol. The summed E-state index contributed by atoms with van der Waals surface area (Å²) in [6.45, 7) is 1.85. The van der Waals surface area contributed by atoms with Crippen molar-refractivity contribution >= 4 is 0 Å². The second kappa shape index (κ2) is 5.86. The molecule has 0 aliphatic rings. The molecule has 0 aliphatic heterocycles. The van der Waals surface area contributed by atoms with Gasteiger partial charge < -0.3 is 0 Å². The van der Waals surface area contributed by atoms with E-state index in [2.05, 4.69) is 10.4 Å². The molecule has 3 nitrogen and oxygen atoms in total. The number of aryl methyl sites for hydroxylation is 1. The fourth-order valence-corrected chi connectivity index (χ4v) is 1.99. The molecule has 1 unspecified atom stereocenters. The summed E-state index contributed by atoms with van der Waals surface area (Å²) in [6.07, 6.45) is 1.78. The number of nitrogens with zero attached hydrogens (tertiary/aromatic N) is 1. The van der Waals surface area contributed by atoms with Gasteiger partial charge in [-0.2, -0.15) is 0 Å². The zero-order valence-corrected chi connectivity index (χ0v) is 10.5. The molecule has 0 amide bonds. The molecule has 0 bridgehead atoms. The van der Waals surface area contributed by atoms with Crippen LogP contribution in [0.3, 0.4) is 0 Å². The van der Waals surface area contributed by atoms with Crippen LogP contribution in [0.5, 0.6) is 0 Å². The molecule has 5 heteroatoms. The summed E-state index contributed by atoms with van der Waals surface area (Å²) in [5.74, 6) is 4.36. The maximum atomic E-state index is 13.6. The number of halogens is 2. The van der Waals surface area contributed by atoms with Gasteiger partial charge in [-0.05, 0) is 43.2 Å². The van der Waals surface area contributed by atoms with Crippen molar-refractivity contribution in [3.8, 4) is 0 Å². The summed E-state index contributed by atoms with van der Waals surface area (Å²) >= 11 is 0. The first-order valence-corrected chi connectivity index (χ1v) is 5.93. The third-order valence-electron chi connectivity index (χ3n) is 2.99. The molecule has 0 saturated carbocycles. The van der Waals surface area contributed by atoms with E-state index in [0.717, 1.165) is 11.3 Å². The van der Waals surface area contributed by atoms with Gasteiger partial charge in [0.15, 0.2) is 0 Å². The fraction of sp³-hybridized carbons (Fsp3) is 0.214. The van der Waals surface area contributed by atoms with Crippen molar-refractivity contribution in [2.24, 2.45) is 5.84 Å². The zero-order chi connectivity index (χ0) is 13.8. The van der Waals surface area contributed by atoms with Crippen LogP contribution in [-0.2, 0) is 6.42 Å². The maximum Gasteiger partial charge on any atom is 0.129 e. The molecule has 19 heavy (non-hydrogen) atoms. The minimum absolute atomic E-state index is 0.0277. The highest BCUT2D eigenvalue weighted by atomic mass is 19.1. The second-order valence-corrected chi connectivity index (χ2v) is 4.35. The molecular formula is C14H15F2N3. The molecule has 0 saturated heterocycles. The molecule has 2 rings (SSSR count). The van der Waals surface area contributed by atoms with Gasteiger partial charge in [-0.1, -0.05) is 6.07 Å². The van der Waals surface area contributed by atoms with Gasteiger partial charge in [0, 0.05) is 17.5 Å². The Hall–Kier alpha value is -1.85. The highest BCUT2D eigenvalue weighted by Gasteiger charge is 2.16. The van der Waals surface area contributed by atoms with Crippen LogP contribution in [0.4, 0.5) is 8.78 Å². The Kier molecular flexibility index (Phi) is 4.19. The van der Waals surface area contributed by atoms with E-state index in [-0.39, 0.29) is 18.0 Å². The van der Waals surface area contributed by atoms with Gasteiger partial charge in [-0.3, -0.25) is 16.3 Å². The molecule has 0 radical (unpaired) electrons. The van der Waals surface area contributed by atoms with Gasteiger partial charge in [0.05, 0.1) is 6.04 Å². The summed E-state index contributed by atoms with van der Waals surface area (Å²) in [5, 5.41) is 0. The Labute approximate surface area is 110 Å². The Balaban J connectivity index is 2.29. The van der Waals surface area contributed by atoms with Crippen molar-refractivity contribution in [3.63, 3.8) is 0 Å². The Morgan fingerprint density at radius 2 is 1.95 bits per heavy atom. The number of hydrogen-bond acceptors (Lipinski definition) is 3. The minimum Gasteiger partial charge on any atom is -0.271 e. The van der Waals surface area contributed by atoms with E-state index in [1.165, 1.54) is 18.2 Å². The molecule has 1 atom stereocenters. The highest BCUT2D eigenvalue weighted by Crippen LogP contribution is 2.21. The van der Waals surface area contributed by atoms with Gasteiger partial charge in [-0.15, -0.1) is 0 Å². The molecule has 1 aromatic carbocycles. The topological polar surface area (TPSA) is 50.9 Å². The second-order valence-electron chi connectivity index (χ2n) is 4.35. The molecule has 3 N–H and O–H groups in total. The first-order valence-electron chi connectivity index (χ1n) is 5.93. The molecular weight excluding hydrogens is 248 g/mol. The number of rotatable bonds is 4. The molecule has 1 aromatic heterocycles. The number of hydrogen-bond donors (Lipinski definition) is 2. The van der Waals surface area contributed by atoms with Crippen LogP contribution in [0.15, 0.2) is 36.5 Å². The Morgan fingerprint density at radius 3 is 2.53 bits per heavy atom. The molecule has 100 valence electrons. The highest BCUT2D eigenvalue weighted by molar-refractivity contribution is 5.25. The number of hydrazine groups is 1. The molecule has 0 fully saturated rings. The van der Waals surface area contributed by atoms with E-state index in [4.69, 9.17) is 5.84 Å². The van der Waals surface area contributed by atoms with E-state index < -0.39 is 11.6 Å². The van der Waals surface area contributed by atoms with Crippen LogP contribution in [-0.4, -0.2) is 4.98 Å². The molecule has 0 spiro atoms. The van der Waals surface area contributed by atoms with Crippen LogP contribution < -0.4 is 11.3 Å². The van der Waals surface area contributed by atoms with Gasteiger partial charge in [0.1, 0.15) is 11.6 Å². The number of aromatic nitrogens is 1. The largest absolute Gasteiger partial charge is 0.271 e. The Morgan fingerprint density at radius 1 is 1.26 bits per heavy atom. The van der Waals surface area contributed by atoms with Crippen molar-refractivity contribution in [1.82, 2.24) is 10.4 Å². The fourth-order valence-electron chi connectivity index (χ4n) is 1.99. The minimum atomic E-state index is -0.564. The first kappa shape index (κ1) is 13.6. The van der Waals surface area contributed by atoms with Gasteiger partial charge in [0.25, 0.3) is 0 Å². The lowest BCUT2D eigenvalue weighted by Crippen LogP contribution is -2.30. The zero-order valence-electron chi connectivity index (χ0n) is 10.5. The van der Waals surface area contributed by atoms with Crippen LogP contribution in [0.2, 0.25) is 0 Å². The third-order valence-corrected chi connectivity index (χ3v) is 2.99. The lowest BCUT2D eigenvalue weighted by atomic mass is 9.99. The normalized spacial score (nSPS) is 12.4. The summed E-state index contributed by atoms with van der Waals surface area (Å²) in [4.78, 5) is 4.08. The molecule has 2 aromatic rings. The van der Waals surface area contributed by atoms with Gasteiger partial charge >= 0.3 is 0 Å². The lowest BCUT2D eigenvalue weighted by Gasteiger charge is -2.17. The van der Waals surface area contributed by atoms with Crippen LogP contribution >= 0.6 is 0 Å². The van der Waals surface area contributed by atoms with Crippen LogP contribution in [0, 0.1) is 18.6 Å². The number of pyridine rings is 1. The predicted octanol–water partition coefficient (Wildman–Crippen LogP) is 2.42. The van der Waals surface area contributed by atoms with Crippen LogP contribution in [0.25, 0.3) is 0 Å². The van der Waals surface area contributed by atoms with Crippen LogP contribution in [0.1, 0.15) is 22.9 Å². The molecule has 1 heterocycles. The van der Waals surface area contributed by atoms with Crippen molar-refractivity contribution in [3.05, 3.63) is 65.0 Å². The van der Waals surface area contributed by atoms with Gasteiger partial charge in [-0.25, -0.2) is 8.78 Å². The van der Waals surface area contributed by atoms with Crippen molar-refractivity contribution < 1.29 is 8.78 Å². The van der Waals surface area contributed by atoms with E-state index >= 15 is 0 Å².